The molecule has 1 aliphatic heterocycles. The number of quaternary nitrogens is 2. The van der Waals surface area contributed by atoms with Crippen LogP contribution in [0.5, 0.6) is 0 Å². The molecule has 1 aromatic carbocycles. The summed E-state index contributed by atoms with van der Waals surface area (Å²) in [6, 6.07) is 12.0. The van der Waals surface area contributed by atoms with Gasteiger partial charge in [0.25, 0.3) is 0 Å². The third kappa shape index (κ3) is 4.61. The standard InChI is InChI=1S/C22H34N6/c1-2-8-21(27-17-15-26(16-18-27)20-11-6-7-12-20)22-23-24-25-28(22)14-13-19-9-4-3-5-10-19/h3-5,9-10,20-21H,2,6-8,11-18H2,1H3/p+2/t21-/m1/s1. The predicted molar refractivity (Wildman–Crippen MR) is 109 cm³/mol. The van der Waals surface area contributed by atoms with Crippen molar-refractivity contribution in [3.05, 3.63) is 41.7 Å². The lowest BCUT2D eigenvalue weighted by Gasteiger charge is -2.36. The van der Waals surface area contributed by atoms with Crippen LogP contribution in [0.2, 0.25) is 0 Å². The van der Waals surface area contributed by atoms with Gasteiger partial charge in [0.15, 0.2) is 0 Å². The average molecular weight is 385 g/mol. The maximum atomic E-state index is 4.49. The van der Waals surface area contributed by atoms with Gasteiger partial charge in [0.2, 0.25) is 5.82 Å². The van der Waals surface area contributed by atoms with Crippen molar-refractivity contribution in [1.82, 2.24) is 20.2 Å². The van der Waals surface area contributed by atoms with Gasteiger partial charge >= 0.3 is 0 Å². The Morgan fingerprint density at radius 1 is 1.07 bits per heavy atom. The van der Waals surface area contributed by atoms with Crippen LogP contribution in [0, 0.1) is 0 Å². The molecule has 2 N–H and O–H groups in total. The molecule has 6 heteroatoms. The number of nitrogens with zero attached hydrogens (tertiary/aromatic N) is 4. The first-order chi connectivity index (χ1) is 13.8. The fraction of sp³-hybridized carbons (Fsp3) is 0.682. The topological polar surface area (TPSA) is 52.5 Å². The summed E-state index contributed by atoms with van der Waals surface area (Å²) in [4.78, 5) is 3.56. The summed E-state index contributed by atoms with van der Waals surface area (Å²) in [5.74, 6) is 1.09. The van der Waals surface area contributed by atoms with E-state index in [2.05, 4.69) is 57.5 Å². The lowest BCUT2D eigenvalue weighted by Crippen LogP contribution is -3.29. The minimum atomic E-state index is 0.431. The van der Waals surface area contributed by atoms with E-state index in [1.807, 2.05) is 4.90 Å². The fourth-order valence-electron chi connectivity index (χ4n) is 5.29. The Balaban J connectivity index is 1.40. The second-order valence-electron chi connectivity index (χ2n) is 8.63. The van der Waals surface area contributed by atoms with Gasteiger partial charge in [-0.05, 0) is 48.1 Å². The Morgan fingerprint density at radius 3 is 2.54 bits per heavy atom. The van der Waals surface area contributed by atoms with Crippen LogP contribution in [0.3, 0.4) is 0 Å². The molecule has 0 amide bonds. The Kier molecular flexibility index (Phi) is 6.70. The molecule has 0 bridgehead atoms. The molecule has 6 nitrogen and oxygen atoms in total. The van der Waals surface area contributed by atoms with E-state index in [9.17, 15) is 0 Å². The maximum absolute atomic E-state index is 4.49. The molecule has 28 heavy (non-hydrogen) atoms. The van der Waals surface area contributed by atoms with Crippen LogP contribution in [0.1, 0.15) is 62.9 Å². The summed E-state index contributed by atoms with van der Waals surface area (Å²) in [6.07, 6.45) is 9.10. The molecule has 0 radical (unpaired) electrons. The maximum Gasteiger partial charge on any atom is 0.209 e. The lowest BCUT2D eigenvalue weighted by atomic mass is 10.1. The van der Waals surface area contributed by atoms with E-state index in [1.54, 1.807) is 4.90 Å². The van der Waals surface area contributed by atoms with Crippen molar-refractivity contribution in [3.63, 3.8) is 0 Å². The van der Waals surface area contributed by atoms with E-state index < -0.39 is 0 Å². The number of piperazine rings is 1. The van der Waals surface area contributed by atoms with Crippen LogP contribution < -0.4 is 9.80 Å². The van der Waals surface area contributed by atoms with Crippen molar-refractivity contribution in [2.75, 3.05) is 26.2 Å². The normalized spacial score (nSPS) is 24.5. The van der Waals surface area contributed by atoms with E-state index in [-0.39, 0.29) is 0 Å². The highest BCUT2D eigenvalue weighted by Gasteiger charge is 2.36. The summed E-state index contributed by atoms with van der Waals surface area (Å²) in [5, 5.41) is 12.9. The van der Waals surface area contributed by atoms with Gasteiger partial charge in [0.1, 0.15) is 32.2 Å². The molecule has 2 fully saturated rings. The molecule has 2 heterocycles. The van der Waals surface area contributed by atoms with Crippen molar-refractivity contribution in [2.45, 2.75) is 70.5 Å². The van der Waals surface area contributed by atoms with Crippen LogP contribution in [-0.2, 0) is 13.0 Å². The number of nitrogens with one attached hydrogen (secondary N) is 2. The average Bonchev–Trinajstić information content (AvgIpc) is 3.44. The molecule has 4 rings (SSSR count). The van der Waals surface area contributed by atoms with Crippen molar-refractivity contribution in [2.24, 2.45) is 0 Å². The van der Waals surface area contributed by atoms with Gasteiger partial charge in [-0.3, -0.25) is 0 Å². The summed E-state index contributed by atoms with van der Waals surface area (Å²) in [5.41, 5.74) is 1.34. The Bertz CT molecular complexity index is 701. The van der Waals surface area contributed by atoms with E-state index in [4.69, 9.17) is 0 Å². The molecule has 2 aromatic rings. The van der Waals surface area contributed by atoms with Crippen LogP contribution in [-0.4, -0.2) is 52.4 Å². The van der Waals surface area contributed by atoms with Crippen LogP contribution in [0.15, 0.2) is 30.3 Å². The number of rotatable bonds is 8. The van der Waals surface area contributed by atoms with E-state index in [0.717, 1.165) is 24.8 Å². The first-order valence-electron chi connectivity index (χ1n) is 11.3. The predicted octanol–water partition coefficient (Wildman–Crippen LogP) is 0.483. The van der Waals surface area contributed by atoms with Crippen LogP contribution in [0.25, 0.3) is 0 Å². The molecular formula is C22H36N6+2. The monoisotopic (exact) mass is 384 g/mol. The second kappa shape index (κ2) is 9.61. The van der Waals surface area contributed by atoms with Crippen molar-refractivity contribution in [1.29, 1.82) is 0 Å². The lowest BCUT2D eigenvalue weighted by molar-refractivity contribution is -1.04. The van der Waals surface area contributed by atoms with E-state index in [0.29, 0.717) is 6.04 Å². The molecule has 1 aromatic heterocycles. The third-order valence-electron chi connectivity index (χ3n) is 6.86. The van der Waals surface area contributed by atoms with Gasteiger partial charge in [-0.25, -0.2) is 4.68 Å². The Morgan fingerprint density at radius 2 is 1.82 bits per heavy atom. The minimum absolute atomic E-state index is 0.431. The van der Waals surface area contributed by atoms with Crippen LogP contribution >= 0.6 is 0 Å². The molecule has 2 aliphatic rings. The molecule has 1 atom stereocenters. The summed E-state index contributed by atoms with van der Waals surface area (Å²) in [7, 11) is 0. The quantitative estimate of drug-likeness (QED) is 0.696. The minimum Gasteiger partial charge on any atom is -0.323 e. The number of aryl methyl sites for hydroxylation is 2. The van der Waals surface area contributed by atoms with Gasteiger partial charge in [-0.15, -0.1) is 5.10 Å². The zero-order chi connectivity index (χ0) is 19.2. The highest BCUT2D eigenvalue weighted by Crippen LogP contribution is 2.16. The highest BCUT2D eigenvalue weighted by atomic mass is 15.6. The Labute approximate surface area is 168 Å². The van der Waals surface area contributed by atoms with E-state index in [1.165, 1.54) is 70.3 Å². The van der Waals surface area contributed by atoms with Crippen molar-refractivity contribution >= 4 is 0 Å². The molecule has 1 aliphatic carbocycles. The largest absolute Gasteiger partial charge is 0.323 e. The number of aromatic nitrogens is 4. The second-order valence-corrected chi connectivity index (χ2v) is 8.63. The van der Waals surface area contributed by atoms with E-state index >= 15 is 0 Å². The molecule has 0 unspecified atom stereocenters. The SMILES string of the molecule is CCC[C@H](c1nnnn1CCc1ccccc1)[NH+]1CC[NH+](C2CCCC2)CC1. The number of hydrogen-bond acceptors (Lipinski definition) is 3. The first-order valence-corrected chi connectivity index (χ1v) is 11.3. The van der Waals surface area contributed by atoms with Gasteiger partial charge in [-0.2, -0.15) is 0 Å². The smallest absolute Gasteiger partial charge is 0.209 e. The fourth-order valence-corrected chi connectivity index (χ4v) is 5.29. The first kappa shape index (κ1) is 19.5. The third-order valence-corrected chi connectivity index (χ3v) is 6.86. The number of tetrazole rings is 1. The zero-order valence-electron chi connectivity index (χ0n) is 17.3. The Hall–Kier alpha value is -1.79. The number of hydrogen-bond donors (Lipinski definition) is 2. The van der Waals surface area contributed by atoms with Crippen molar-refractivity contribution in [3.8, 4) is 0 Å². The van der Waals surface area contributed by atoms with Gasteiger partial charge < -0.3 is 9.80 Å². The molecular weight excluding hydrogens is 348 g/mol. The summed E-state index contributed by atoms with van der Waals surface area (Å²) >= 11 is 0. The molecule has 1 saturated carbocycles. The van der Waals surface area contributed by atoms with Gasteiger partial charge in [0.05, 0.1) is 6.04 Å². The zero-order valence-corrected chi connectivity index (χ0v) is 17.3. The molecule has 1 saturated heterocycles. The molecule has 152 valence electrons. The van der Waals surface area contributed by atoms with Crippen LogP contribution in [0.4, 0.5) is 0 Å². The number of benzene rings is 1. The summed E-state index contributed by atoms with van der Waals surface area (Å²) in [6.45, 7) is 8.27. The summed E-state index contributed by atoms with van der Waals surface area (Å²) < 4.78 is 2.07. The molecule has 0 spiro atoms. The highest BCUT2D eigenvalue weighted by molar-refractivity contribution is 5.14. The van der Waals surface area contributed by atoms with Crippen molar-refractivity contribution < 1.29 is 9.80 Å². The van der Waals surface area contributed by atoms with Gasteiger partial charge in [-0.1, -0.05) is 43.7 Å². The van der Waals surface area contributed by atoms with Gasteiger partial charge in [0, 0.05) is 13.0 Å².